The fourth-order valence-corrected chi connectivity index (χ4v) is 1.44. The highest BCUT2D eigenvalue weighted by Gasteiger charge is 2.13. The van der Waals surface area contributed by atoms with Crippen molar-refractivity contribution in [1.82, 2.24) is 5.48 Å². The lowest BCUT2D eigenvalue weighted by molar-refractivity contribution is -0.130. The Morgan fingerprint density at radius 2 is 2.06 bits per heavy atom. The average Bonchev–Trinajstić information content (AvgIpc) is 2.38. The molecule has 4 heteroatoms. The monoisotopic (exact) mass is 237 g/mol. The first-order valence-electron chi connectivity index (χ1n) is 5.85. The largest absolute Gasteiger partial charge is 0.494 e. The number of amides is 1. The molecule has 1 amide bonds. The van der Waals surface area contributed by atoms with Crippen molar-refractivity contribution in [3.05, 3.63) is 29.8 Å². The zero-order chi connectivity index (χ0) is 12.7. The van der Waals surface area contributed by atoms with E-state index in [-0.39, 0.29) is 5.92 Å². The standard InChI is InChI=1S/C13H19NO3/c1-3-4-9-17-12-7-5-11(6-8-12)10(2)13(15)14-16/h5-8,10,16H,3-4,9H2,1-2H3,(H,14,15). The molecule has 0 aromatic heterocycles. The summed E-state index contributed by atoms with van der Waals surface area (Å²) in [5, 5.41) is 8.54. The van der Waals surface area contributed by atoms with Crippen LogP contribution in [0.3, 0.4) is 0 Å². The van der Waals surface area contributed by atoms with Crippen LogP contribution in [0.5, 0.6) is 5.75 Å². The lowest BCUT2D eigenvalue weighted by Crippen LogP contribution is -2.24. The highest BCUT2D eigenvalue weighted by Crippen LogP contribution is 2.19. The molecule has 0 bridgehead atoms. The Bertz CT molecular complexity index is 348. The molecule has 1 aromatic carbocycles. The minimum Gasteiger partial charge on any atom is -0.494 e. The van der Waals surface area contributed by atoms with Crippen LogP contribution >= 0.6 is 0 Å². The van der Waals surface area contributed by atoms with Crippen LogP contribution in [0.15, 0.2) is 24.3 Å². The number of ether oxygens (including phenoxy) is 1. The van der Waals surface area contributed by atoms with E-state index in [1.54, 1.807) is 12.4 Å². The van der Waals surface area contributed by atoms with Crippen LogP contribution in [0, 0.1) is 0 Å². The fraction of sp³-hybridized carbons (Fsp3) is 0.462. The molecule has 0 aliphatic heterocycles. The summed E-state index contributed by atoms with van der Waals surface area (Å²) in [5.41, 5.74) is 2.50. The van der Waals surface area contributed by atoms with Gasteiger partial charge in [-0.1, -0.05) is 25.5 Å². The number of rotatable bonds is 6. The van der Waals surface area contributed by atoms with Gasteiger partial charge in [0.25, 0.3) is 5.91 Å². The molecule has 0 saturated carbocycles. The van der Waals surface area contributed by atoms with E-state index in [9.17, 15) is 4.79 Å². The van der Waals surface area contributed by atoms with Crippen molar-refractivity contribution in [2.45, 2.75) is 32.6 Å². The van der Waals surface area contributed by atoms with E-state index in [0.29, 0.717) is 6.61 Å². The molecule has 1 unspecified atom stereocenters. The molecule has 94 valence electrons. The van der Waals surface area contributed by atoms with Crippen LogP contribution in [0.2, 0.25) is 0 Å². The summed E-state index contributed by atoms with van der Waals surface area (Å²) in [6.07, 6.45) is 2.14. The van der Waals surface area contributed by atoms with Crippen LogP contribution in [-0.4, -0.2) is 17.7 Å². The Hall–Kier alpha value is -1.55. The number of carbonyl (C=O) groups excluding carboxylic acids is 1. The first-order valence-corrected chi connectivity index (χ1v) is 5.85. The summed E-state index contributed by atoms with van der Waals surface area (Å²) >= 11 is 0. The lowest BCUT2D eigenvalue weighted by atomic mass is 10.0. The van der Waals surface area contributed by atoms with Crippen LogP contribution in [-0.2, 0) is 4.79 Å². The number of benzene rings is 1. The number of hydrogen-bond acceptors (Lipinski definition) is 3. The Kier molecular flexibility index (Phi) is 5.49. The van der Waals surface area contributed by atoms with Gasteiger partial charge in [-0.2, -0.15) is 0 Å². The zero-order valence-electron chi connectivity index (χ0n) is 10.3. The number of nitrogens with one attached hydrogen (secondary N) is 1. The zero-order valence-corrected chi connectivity index (χ0v) is 10.3. The lowest BCUT2D eigenvalue weighted by Gasteiger charge is -2.10. The number of hydrogen-bond donors (Lipinski definition) is 2. The normalized spacial score (nSPS) is 11.9. The molecule has 2 N–H and O–H groups in total. The second-order valence-electron chi connectivity index (χ2n) is 3.97. The van der Waals surface area contributed by atoms with E-state index >= 15 is 0 Å². The van der Waals surface area contributed by atoms with Crippen LogP contribution in [0.4, 0.5) is 0 Å². The molecule has 1 aromatic rings. The van der Waals surface area contributed by atoms with Crippen LogP contribution < -0.4 is 10.2 Å². The Morgan fingerprint density at radius 1 is 1.41 bits per heavy atom. The van der Waals surface area contributed by atoms with Gasteiger partial charge in [0.05, 0.1) is 12.5 Å². The van der Waals surface area contributed by atoms with E-state index in [1.165, 1.54) is 0 Å². The van der Waals surface area contributed by atoms with Gasteiger partial charge in [-0.15, -0.1) is 0 Å². The maximum atomic E-state index is 11.2. The maximum Gasteiger partial charge on any atom is 0.250 e. The number of unbranched alkanes of at least 4 members (excludes halogenated alkanes) is 1. The van der Waals surface area contributed by atoms with Crippen molar-refractivity contribution in [2.24, 2.45) is 0 Å². The van der Waals surface area contributed by atoms with Gasteiger partial charge in [0.2, 0.25) is 0 Å². The molecule has 0 saturated heterocycles. The summed E-state index contributed by atoms with van der Waals surface area (Å²) in [6.45, 7) is 4.56. The van der Waals surface area contributed by atoms with Gasteiger partial charge in [-0.25, -0.2) is 5.48 Å². The molecule has 1 atom stereocenters. The maximum absolute atomic E-state index is 11.2. The molecule has 0 heterocycles. The van der Waals surface area contributed by atoms with Gasteiger partial charge >= 0.3 is 0 Å². The van der Waals surface area contributed by atoms with Crippen molar-refractivity contribution in [3.63, 3.8) is 0 Å². The van der Waals surface area contributed by atoms with E-state index in [2.05, 4.69) is 6.92 Å². The number of carbonyl (C=O) groups is 1. The topological polar surface area (TPSA) is 58.6 Å². The highest BCUT2D eigenvalue weighted by molar-refractivity contribution is 5.82. The first-order chi connectivity index (χ1) is 8.19. The Balaban J connectivity index is 2.58. The van der Waals surface area contributed by atoms with Crippen molar-refractivity contribution in [2.75, 3.05) is 6.61 Å². The molecule has 0 spiro atoms. The second-order valence-corrected chi connectivity index (χ2v) is 3.97. The van der Waals surface area contributed by atoms with E-state index in [0.717, 1.165) is 24.2 Å². The predicted octanol–water partition coefficient (Wildman–Crippen LogP) is 2.47. The first kappa shape index (κ1) is 13.5. The smallest absolute Gasteiger partial charge is 0.250 e. The second kappa shape index (κ2) is 6.91. The van der Waals surface area contributed by atoms with Crippen LogP contribution in [0.25, 0.3) is 0 Å². The fourth-order valence-electron chi connectivity index (χ4n) is 1.44. The Labute approximate surface area is 102 Å². The minimum atomic E-state index is -0.412. The number of hydroxylamine groups is 1. The summed E-state index contributed by atoms with van der Waals surface area (Å²) in [5.74, 6) is 0.0214. The summed E-state index contributed by atoms with van der Waals surface area (Å²) in [7, 11) is 0. The summed E-state index contributed by atoms with van der Waals surface area (Å²) in [6, 6.07) is 7.35. The SMILES string of the molecule is CCCCOc1ccc(C(C)C(=O)NO)cc1. The van der Waals surface area contributed by atoms with Gasteiger partial charge < -0.3 is 4.74 Å². The molecule has 0 aliphatic carbocycles. The molecule has 17 heavy (non-hydrogen) atoms. The van der Waals surface area contributed by atoms with E-state index in [4.69, 9.17) is 9.94 Å². The third-order valence-corrected chi connectivity index (χ3v) is 2.65. The van der Waals surface area contributed by atoms with Crippen molar-refractivity contribution in [3.8, 4) is 5.75 Å². The predicted molar refractivity (Wildman–Crippen MR) is 65.2 cm³/mol. The quantitative estimate of drug-likeness (QED) is 0.454. The van der Waals surface area contributed by atoms with E-state index < -0.39 is 5.91 Å². The molecular weight excluding hydrogens is 218 g/mol. The van der Waals surface area contributed by atoms with Crippen LogP contribution in [0.1, 0.15) is 38.2 Å². The summed E-state index contributed by atoms with van der Waals surface area (Å²) < 4.78 is 5.52. The van der Waals surface area contributed by atoms with Crippen molar-refractivity contribution >= 4 is 5.91 Å². The summed E-state index contributed by atoms with van der Waals surface area (Å²) in [4.78, 5) is 11.2. The molecule has 4 nitrogen and oxygen atoms in total. The van der Waals surface area contributed by atoms with E-state index in [1.807, 2.05) is 24.3 Å². The average molecular weight is 237 g/mol. The van der Waals surface area contributed by atoms with Crippen molar-refractivity contribution < 1.29 is 14.7 Å². The van der Waals surface area contributed by atoms with Crippen molar-refractivity contribution in [1.29, 1.82) is 0 Å². The van der Waals surface area contributed by atoms with Gasteiger partial charge in [0.15, 0.2) is 0 Å². The highest BCUT2D eigenvalue weighted by atomic mass is 16.5. The molecule has 1 rings (SSSR count). The minimum absolute atomic E-state index is 0.371. The Morgan fingerprint density at radius 3 is 2.59 bits per heavy atom. The molecule has 0 radical (unpaired) electrons. The molecule has 0 fully saturated rings. The molecular formula is C13H19NO3. The molecule has 0 aliphatic rings. The third kappa shape index (κ3) is 4.07. The van der Waals surface area contributed by atoms with Gasteiger partial charge in [-0.05, 0) is 31.0 Å². The van der Waals surface area contributed by atoms with Gasteiger partial charge in [-0.3, -0.25) is 10.0 Å². The third-order valence-electron chi connectivity index (χ3n) is 2.65. The van der Waals surface area contributed by atoms with Gasteiger partial charge in [0, 0.05) is 0 Å². The van der Waals surface area contributed by atoms with Gasteiger partial charge in [0.1, 0.15) is 5.75 Å².